The highest BCUT2D eigenvalue weighted by Gasteiger charge is 2.47. The maximum atomic E-state index is 13.4. The SMILES string of the molecule is CCCCN(CCCC)C(=O)CN1C[C@H](c2cc(OC)c3c(c2)OCO3)[C@@H](C(=O)O)[C@@H]1CCNS(C)(=O)=O. The Balaban J connectivity index is 1.92. The molecule has 1 aromatic carbocycles. The Morgan fingerprint density at radius 2 is 1.87 bits per heavy atom. The average Bonchev–Trinajstić information content (AvgIpc) is 3.47. The molecule has 1 amide bonds. The number of benzene rings is 1. The number of likely N-dealkylation sites (tertiary alicyclic amines) is 1. The number of carbonyl (C=O) groups excluding carboxylic acids is 1. The van der Waals surface area contributed by atoms with Crippen LogP contribution in [0.15, 0.2) is 12.1 Å². The lowest BCUT2D eigenvalue weighted by atomic mass is 9.84. The Hall–Kier alpha value is -2.57. The maximum Gasteiger partial charge on any atom is 0.308 e. The number of rotatable bonds is 15. The number of amides is 1. The predicted octanol–water partition coefficient (Wildman–Crippen LogP) is 2.26. The number of hydrogen-bond acceptors (Lipinski definition) is 8. The van der Waals surface area contributed by atoms with Crippen molar-refractivity contribution in [3.63, 3.8) is 0 Å². The van der Waals surface area contributed by atoms with Gasteiger partial charge in [-0.1, -0.05) is 26.7 Å². The van der Waals surface area contributed by atoms with Crippen LogP contribution in [0.5, 0.6) is 17.2 Å². The summed E-state index contributed by atoms with van der Waals surface area (Å²) < 4.78 is 42.4. The van der Waals surface area contributed by atoms with Crippen molar-refractivity contribution in [3.05, 3.63) is 17.7 Å². The average molecular weight is 556 g/mol. The number of methoxy groups -OCH3 is 1. The summed E-state index contributed by atoms with van der Waals surface area (Å²) in [7, 11) is -1.94. The summed E-state index contributed by atoms with van der Waals surface area (Å²) in [5, 5.41) is 10.3. The fraction of sp³-hybridized carbons (Fsp3) is 0.692. The molecule has 0 radical (unpaired) electrons. The molecule has 2 N–H and O–H groups in total. The molecule has 0 unspecified atom stereocenters. The van der Waals surface area contributed by atoms with E-state index in [4.69, 9.17) is 14.2 Å². The minimum atomic E-state index is -3.45. The van der Waals surface area contributed by atoms with Gasteiger partial charge in [-0.05, 0) is 37.0 Å². The van der Waals surface area contributed by atoms with Crippen molar-refractivity contribution < 1.29 is 37.3 Å². The summed E-state index contributed by atoms with van der Waals surface area (Å²) in [5.41, 5.74) is 0.711. The maximum absolute atomic E-state index is 13.4. The molecule has 11 nitrogen and oxygen atoms in total. The number of nitrogens with zero attached hydrogens (tertiary/aromatic N) is 2. The van der Waals surface area contributed by atoms with Crippen molar-refractivity contribution in [1.29, 1.82) is 0 Å². The standard InChI is InChI=1S/C26H41N3O8S/c1-5-7-11-28(12-8-6-2)23(30)16-29-15-19(18-13-21(35-3)25-22(14-18)36-17-37-25)24(26(31)32)20(29)9-10-27-38(4,33)34/h13-14,19-20,24,27H,5-12,15-17H2,1-4H3,(H,31,32)/t19-,20+,24-/m1/s1. The normalized spacial score (nSPS) is 21.0. The minimum Gasteiger partial charge on any atom is -0.493 e. The predicted molar refractivity (Wildman–Crippen MR) is 142 cm³/mol. The van der Waals surface area contributed by atoms with Crippen LogP contribution in [0.3, 0.4) is 0 Å². The van der Waals surface area contributed by atoms with Gasteiger partial charge in [0.25, 0.3) is 0 Å². The van der Waals surface area contributed by atoms with Crippen LogP contribution in [0, 0.1) is 5.92 Å². The largest absolute Gasteiger partial charge is 0.493 e. The highest BCUT2D eigenvalue weighted by Crippen LogP contribution is 2.47. The first-order chi connectivity index (χ1) is 18.1. The lowest BCUT2D eigenvalue weighted by Gasteiger charge is -2.29. The van der Waals surface area contributed by atoms with E-state index in [2.05, 4.69) is 18.6 Å². The zero-order valence-electron chi connectivity index (χ0n) is 22.8. The Bertz CT molecular complexity index is 1070. The van der Waals surface area contributed by atoms with Gasteiger partial charge in [0.1, 0.15) is 0 Å². The van der Waals surface area contributed by atoms with E-state index >= 15 is 0 Å². The van der Waals surface area contributed by atoms with Gasteiger partial charge in [-0.15, -0.1) is 0 Å². The number of sulfonamides is 1. The molecular weight excluding hydrogens is 514 g/mol. The fourth-order valence-corrected chi connectivity index (χ4v) is 5.77. The number of unbranched alkanes of at least 4 members (excludes halogenated alkanes) is 2. The van der Waals surface area contributed by atoms with Crippen LogP contribution >= 0.6 is 0 Å². The van der Waals surface area contributed by atoms with Crippen molar-refractivity contribution in [1.82, 2.24) is 14.5 Å². The van der Waals surface area contributed by atoms with Crippen LogP contribution in [0.2, 0.25) is 0 Å². The Morgan fingerprint density at radius 1 is 1.18 bits per heavy atom. The molecule has 12 heteroatoms. The third kappa shape index (κ3) is 7.51. The van der Waals surface area contributed by atoms with Crippen LogP contribution in [0.25, 0.3) is 0 Å². The van der Waals surface area contributed by atoms with Gasteiger partial charge in [-0.3, -0.25) is 14.5 Å². The second-order valence-corrected chi connectivity index (χ2v) is 11.8. The molecule has 1 aromatic rings. The molecular formula is C26H41N3O8S. The van der Waals surface area contributed by atoms with Crippen LogP contribution in [-0.4, -0.2) is 94.1 Å². The van der Waals surface area contributed by atoms with E-state index in [1.54, 1.807) is 12.1 Å². The monoisotopic (exact) mass is 555 g/mol. The summed E-state index contributed by atoms with van der Waals surface area (Å²) in [6, 6.07) is 2.99. The molecule has 2 aliphatic rings. The molecule has 38 heavy (non-hydrogen) atoms. The second kappa shape index (κ2) is 13.5. The second-order valence-electron chi connectivity index (χ2n) is 9.97. The van der Waals surface area contributed by atoms with Crippen LogP contribution in [-0.2, 0) is 19.6 Å². The topological polar surface area (TPSA) is 135 Å². The fourth-order valence-electron chi connectivity index (χ4n) is 5.28. The van der Waals surface area contributed by atoms with E-state index in [1.165, 1.54) is 7.11 Å². The van der Waals surface area contributed by atoms with E-state index < -0.39 is 33.9 Å². The summed E-state index contributed by atoms with van der Waals surface area (Å²) in [6.45, 7) is 6.00. The first-order valence-corrected chi connectivity index (χ1v) is 15.2. The molecule has 3 rings (SSSR count). The Labute approximate surface area is 225 Å². The number of carboxylic acid groups (broad SMARTS) is 1. The molecule has 1 fully saturated rings. The van der Waals surface area contributed by atoms with Gasteiger partial charge in [0.2, 0.25) is 28.5 Å². The van der Waals surface area contributed by atoms with E-state index in [-0.39, 0.29) is 32.2 Å². The highest BCUT2D eigenvalue weighted by molar-refractivity contribution is 7.88. The van der Waals surface area contributed by atoms with Crippen LogP contribution in [0.1, 0.15) is 57.4 Å². The zero-order valence-corrected chi connectivity index (χ0v) is 23.6. The molecule has 214 valence electrons. The summed E-state index contributed by atoms with van der Waals surface area (Å²) in [4.78, 5) is 29.8. The molecule has 0 saturated carbocycles. The number of hydrogen-bond donors (Lipinski definition) is 2. The van der Waals surface area contributed by atoms with Crippen LogP contribution in [0.4, 0.5) is 0 Å². The van der Waals surface area contributed by atoms with E-state index in [0.717, 1.165) is 31.9 Å². The van der Waals surface area contributed by atoms with Crippen molar-refractivity contribution in [2.45, 2.75) is 57.9 Å². The van der Waals surface area contributed by atoms with Crippen LogP contribution < -0.4 is 18.9 Å². The quantitative estimate of drug-likeness (QED) is 0.334. The van der Waals surface area contributed by atoms with Gasteiger partial charge in [-0.25, -0.2) is 13.1 Å². The molecule has 1 saturated heterocycles. The number of nitrogens with one attached hydrogen (secondary N) is 1. The lowest BCUT2D eigenvalue weighted by Crippen LogP contribution is -2.45. The number of carbonyl (C=O) groups is 2. The molecule has 0 bridgehead atoms. The zero-order chi connectivity index (χ0) is 27.9. The number of carboxylic acids is 1. The van der Waals surface area contributed by atoms with Gasteiger partial charge in [-0.2, -0.15) is 0 Å². The van der Waals surface area contributed by atoms with Crippen molar-refractivity contribution in [2.24, 2.45) is 5.92 Å². The summed E-state index contributed by atoms with van der Waals surface area (Å²) in [5.74, 6) is -0.959. The molecule has 3 atom stereocenters. The Kier molecular flexibility index (Phi) is 10.6. The first-order valence-electron chi connectivity index (χ1n) is 13.3. The number of fused-ring (bicyclic) bond motifs is 1. The lowest BCUT2D eigenvalue weighted by molar-refractivity contribution is -0.143. The van der Waals surface area contributed by atoms with Crippen molar-refractivity contribution >= 4 is 21.9 Å². The third-order valence-electron chi connectivity index (χ3n) is 7.20. The first kappa shape index (κ1) is 30.0. The van der Waals surface area contributed by atoms with Gasteiger partial charge >= 0.3 is 5.97 Å². The molecule has 0 aromatic heterocycles. The third-order valence-corrected chi connectivity index (χ3v) is 7.93. The molecule has 0 aliphatic carbocycles. The van der Waals surface area contributed by atoms with Gasteiger partial charge in [0.15, 0.2) is 11.5 Å². The minimum absolute atomic E-state index is 0.0407. The van der Waals surface area contributed by atoms with Gasteiger partial charge < -0.3 is 24.2 Å². The van der Waals surface area contributed by atoms with Gasteiger partial charge in [0, 0.05) is 38.1 Å². The smallest absolute Gasteiger partial charge is 0.308 e. The van der Waals surface area contributed by atoms with E-state index in [0.29, 0.717) is 42.4 Å². The van der Waals surface area contributed by atoms with E-state index in [1.807, 2.05) is 9.80 Å². The number of aliphatic carboxylic acids is 1. The van der Waals surface area contributed by atoms with Crippen molar-refractivity contribution in [3.8, 4) is 17.2 Å². The van der Waals surface area contributed by atoms with E-state index in [9.17, 15) is 23.1 Å². The summed E-state index contributed by atoms with van der Waals surface area (Å²) >= 11 is 0. The molecule has 0 spiro atoms. The molecule has 2 heterocycles. The molecule has 2 aliphatic heterocycles. The number of ether oxygens (including phenoxy) is 3. The van der Waals surface area contributed by atoms with Gasteiger partial charge in [0.05, 0.1) is 25.8 Å². The Morgan fingerprint density at radius 3 is 2.45 bits per heavy atom. The summed E-state index contributed by atoms with van der Waals surface area (Å²) in [6.07, 6.45) is 5.05. The highest BCUT2D eigenvalue weighted by atomic mass is 32.2. The van der Waals surface area contributed by atoms with Crippen molar-refractivity contribution in [2.75, 3.05) is 52.9 Å².